The lowest BCUT2D eigenvalue weighted by atomic mass is 9.97. The number of aryl methyl sites for hydroxylation is 1. The highest BCUT2D eigenvalue weighted by Crippen LogP contribution is 2.44. The fourth-order valence-electron chi connectivity index (χ4n) is 3.63. The van der Waals surface area contributed by atoms with E-state index in [0.29, 0.717) is 36.7 Å². The van der Waals surface area contributed by atoms with E-state index in [1.165, 1.54) is 20.0 Å². The van der Waals surface area contributed by atoms with Crippen LogP contribution in [-0.4, -0.2) is 58.0 Å². The topological polar surface area (TPSA) is 49.9 Å². The molecule has 1 saturated heterocycles. The minimum absolute atomic E-state index is 0.286. The summed E-state index contributed by atoms with van der Waals surface area (Å²) in [5.74, 6) is 1.55. The van der Waals surface area contributed by atoms with Crippen LogP contribution < -0.4 is 4.74 Å². The van der Waals surface area contributed by atoms with Gasteiger partial charge in [-0.25, -0.2) is 8.42 Å². The maximum atomic E-state index is 13.2. The van der Waals surface area contributed by atoms with Crippen LogP contribution in [-0.2, 0) is 10.0 Å². The molecule has 2 fully saturated rings. The molecule has 6 heteroatoms. The molecule has 0 radical (unpaired) electrons. The zero-order valence-corrected chi connectivity index (χ0v) is 15.1. The Bertz CT molecular complexity index is 673. The summed E-state index contributed by atoms with van der Waals surface area (Å²) in [6, 6.07) is 5.62. The van der Waals surface area contributed by atoms with Gasteiger partial charge in [-0.15, -0.1) is 0 Å². The third-order valence-corrected chi connectivity index (χ3v) is 6.98. The number of ether oxygens (including phenoxy) is 1. The van der Waals surface area contributed by atoms with Crippen LogP contribution >= 0.6 is 0 Å². The summed E-state index contributed by atoms with van der Waals surface area (Å²) >= 11 is 0. The van der Waals surface area contributed by atoms with Gasteiger partial charge in [0.1, 0.15) is 10.6 Å². The molecule has 1 saturated carbocycles. The monoisotopic (exact) mass is 338 g/mol. The first kappa shape index (κ1) is 16.7. The number of hydrogen-bond donors (Lipinski definition) is 0. The van der Waals surface area contributed by atoms with E-state index in [9.17, 15) is 8.42 Å². The Morgan fingerprint density at radius 1 is 1.22 bits per heavy atom. The molecule has 0 aromatic heterocycles. The zero-order chi connectivity index (χ0) is 16.8. The van der Waals surface area contributed by atoms with Crippen LogP contribution in [0.3, 0.4) is 0 Å². The van der Waals surface area contributed by atoms with Gasteiger partial charge in [0.2, 0.25) is 10.0 Å². The molecule has 1 heterocycles. The summed E-state index contributed by atoms with van der Waals surface area (Å²) in [7, 11) is 2.08. The van der Waals surface area contributed by atoms with Crippen molar-refractivity contribution in [1.29, 1.82) is 0 Å². The summed E-state index contributed by atoms with van der Waals surface area (Å²) in [6.45, 7) is 3.08. The van der Waals surface area contributed by atoms with Crippen LogP contribution in [0.25, 0.3) is 0 Å². The van der Waals surface area contributed by atoms with Gasteiger partial charge in [-0.05, 0) is 63.4 Å². The number of sulfonamides is 1. The summed E-state index contributed by atoms with van der Waals surface area (Å²) in [4.78, 5) is 2.46. The molecule has 2 aliphatic rings. The van der Waals surface area contributed by atoms with Crippen molar-refractivity contribution in [3.63, 3.8) is 0 Å². The maximum absolute atomic E-state index is 13.2. The molecule has 0 unspecified atom stereocenters. The molecule has 2 atom stereocenters. The molecular weight excluding hydrogens is 312 g/mol. The minimum atomic E-state index is -3.53. The van der Waals surface area contributed by atoms with E-state index in [1.54, 1.807) is 16.4 Å². The van der Waals surface area contributed by atoms with E-state index in [-0.39, 0.29) is 4.90 Å². The van der Waals surface area contributed by atoms with Gasteiger partial charge >= 0.3 is 0 Å². The Balaban J connectivity index is 1.93. The smallest absolute Gasteiger partial charge is 0.246 e. The van der Waals surface area contributed by atoms with Crippen molar-refractivity contribution in [2.75, 3.05) is 34.3 Å². The average molecular weight is 338 g/mol. The Hall–Kier alpha value is -1.11. The van der Waals surface area contributed by atoms with Crippen LogP contribution in [0.1, 0.15) is 18.4 Å². The lowest BCUT2D eigenvalue weighted by molar-refractivity contribution is 0.237. The number of methoxy groups -OCH3 is 1. The normalized spacial score (nSPS) is 26.0. The van der Waals surface area contributed by atoms with Crippen LogP contribution in [0.5, 0.6) is 5.75 Å². The second kappa shape index (κ2) is 6.07. The van der Waals surface area contributed by atoms with Gasteiger partial charge in [0.15, 0.2) is 0 Å². The number of nitrogens with zero attached hydrogens (tertiary/aromatic N) is 2. The molecule has 1 aliphatic heterocycles. The van der Waals surface area contributed by atoms with Crippen molar-refractivity contribution in [2.24, 2.45) is 11.8 Å². The molecule has 1 aromatic carbocycles. The van der Waals surface area contributed by atoms with Gasteiger partial charge in [0.05, 0.1) is 7.11 Å². The lowest BCUT2D eigenvalue weighted by Gasteiger charge is -2.24. The first-order valence-electron chi connectivity index (χ1n) is 8.16. The molecule has 1 aromatic rings. The van der Waals surface area contributed by atoms with Gasteiger partial charge in [0, 0.05) is 19.1 Å². The van der Waals surface area contributed by atoms with Crippen molar-refractivity contribution in [1.82, 2.24) is 9.21 Å². The first-order valence-corrected chi connectivity index (χ1v) is 9.60. The summed E-state index contributed by atoms with van der Waals surface area (Å²) in [5.41, 5.74) is 0.923. The molecule has 0 N–H and O–H groups in total. The molecule has 0 spiro atoms. The largest absolute Gasteiger partial charge is 0.495 e. The predicted octanol–water partition coefficient (Wildman–Crippen LogP) is 1.96. The molecular formula is C17H26N2O3S. The number of benzene rings is 1. The molecule has 0 bridgehead atoms. The molecule has 0 amide bonds. The van der Waals surface area contributed by atoms with E-state index >= 15 is 0 Å². The van der Waals surface area contributed by atoms with Gasteiger partial charge < -0.3 is 9.64 Å². The summed E-state index contributed by atoms with van der Waals surface area (Å²) in [5, 5.41) is 0. The Labute approximate surface area is 139 Å². The van der Waals surface area contributed by atoms with Crippen molar-refractivity contribution in [2.45, 2.75) is 30.7 Å². The van der Waals surface area contributed by atoms with Crippen molar-refractivity contribution < 1.29 is 13.2 Å². The Morgan fingerprint density at radius 2 is 1.91 bits per heavy atom. The zero-order valence-electron chi connectivity index (χ0n) is 14.3. The average Bonchev–Trinajstić information content (AvgIpc) is 3.24. The highest BCUT2D eigenvalue weighted by atomic mass is 32.2. The van der Waals surface area contributed by atoms with Gasteiger partial charge in [0.25, 0.3) is 0 Å². The van der Waals surface area contributed by atoms with Crippen LogP contribution in [0, 0.1) is 18.8 Å². The summed E-state index contributed by atoms with van der Waals surface area (Å²) < 4.78 is 33.2. The fraction of sp³-hybridized carbons (Fsp3) is 0.647. The molecule has 3 rings (SSSR count). The Kier molecular flexibility index (Phi) is 4.42. The van der Waals surface area contributed by atoms with Gasteiger partial charge in [-0.3, -0.25) is 0 Å². The van der Waals surface area contributed by atoms with Crippen LogP contribution in [0.2, 0.25) is 0 Å². The molecule has 128 valence electrons. The van der Waals surface area contributed by atoms with Crippen molar-refractivity contribution in [3.8, 4) is 5.75 Å². The second-order valence-electron chi connectivity index (χ2n) is 7.01. The number of rotatable bonds is 5. The van der Waals surface area contributed by atoms with Crippen LogP contribution in [0.4, 0.5) is 0 Å². The number of likely N-dealkylation sites (N-methyl/N-ethyl adjacent to an activating group) is 1. The van der Waals surface area contributed by atoms with Crippen molar-refractivity contribution in [3.05, 3.63) is 23.8 Å². The second-order valence-corrected chi connectivity index (χ2v) is 8.91. The molecule has 1 aliphatic carbocycles. The standard InChI is InChI=1S/C17H26N2O3S/c1-12-5-8-16(22-4)17(9-12)23(20,21)19-10-14(13-6-7-13)15(11-19)18(2)3/h5,8-9,13-15H,6-7,10-11H2,1-4H3/t14-,15+/m1/s1. The van der Waals surface area contributed by atoms with E-state index < -0.39 is 10.0 Å². The number of hydrogen-bond acceptors (Lipinski definition) is 4. The highest BCUT2D eigenvalue weighted by Gasteiger charge is 2.47. The van der Waals surface area contributed by atoms with Gasteiger partial charge in [-0.2, -0.15) is 4.31 Å². The summed E-state index contributed by atoms with van der Waals surface area (Å²) in [6.07, 6.45) is 2.47. The lowest BCUT2D eigenvalue weighted by Crippen LogP contribution is -2.36. The molecule has 5 nitrogen and oxygen atoms in total. The minimum Gasteiger partial charge on any atom is -0.495 e. The SMILES string of the molecule is COc1ccc(C)cc1S(=O)(=O)N1C[C@H](C2CC2)[C@@H](N(C)C)C1. The van der Waals surface area contributed by atoms with E-state index in [4.69, 9.17) is 4.74 Å². The highest BCUT2D eigenvalue weighted by molar-refractivity contribution is 7.89. The van der Waals surface area contributed by atoms with Crippen molar-refractivity contribution >= 4 is 10.0 Å². The first-order chi connectivity index (χ1) is 10.8. The third-order valence-electron chi connectivity index (χ3n) is 5.13. The van der Waals surface area contributed by atoms with Crippen LogP contribution in [0.15, 0.2) is 23.1 Å². The quantitative estimate of drug-likeness (QED) is 0.824. The van der Waals surface area contributed by atoms with Gasteiger partial charge in [-0.1, -0.05) is 6.07 Å². The van der Waals surface area contributed by atoms with E-state index in [0.717, 1.165) is 5.56 Å². The van der Waals surface area contributed by atoms with E-state index in [2.05, 4.69) is 4.90 Å². The Morgan fingerprint density at radius 3 is 2.48 bits per heavy atom. The predicted molar refractivity (Wildman–Crippen MR) is 90.2 cm³/mol. The molecule has 23 heavy (non-hydrogen) atoms. The maximum Gasteiger partial charge on any atom is 0.246 e. The fourth-order valence-corrected chi connectivity index (χ4v) is 5.37. The third kappa shape index (κ3) is 3.12. The van der Waals surface area contributed by atoms with E-state index in [1.807, 2.05) is 27.1 Å².